The topological polar surface area (TPSA) is 12.0 Å². The minimum atomic E-state index is 0.553. The van der Waals surface area contributed by atoms with Crippen molar-refractivity contribution in [1.82, 2.24) is 5.32 Å². The van der Waals surface area contributed by atoms with Gasteiger partial charge in [0.2, 0.25) is 0 Å². The summed E-state index contributed by atoms with van der Waals surface area (Å²) in [4.78, 5) is 1.50. The normalized spacial score (nSPS) is 19.3. The lowest BCUT2D eigenvalue weighted by molar-refractivity contribution is 0.358. The number of nitrogens with one attached hydrogen (secondary N) is 1. The van der Waals surface area contributed by atoms with Crippen LogP contribution >= 0.6 is 27.3 Å². The van der Waals surface area contributed by atoms with E-state index in [-0.39, 0.29) is 0 Å². The molecular weight excluding hydrogens is 318 g/mol. The molecular formula is C16H26BrNS. The van der Waals surface area contributed by atoms with Gasteiger partial charge in [0.15, 0.2) is 0 Å². The number of hydrogen-bond donors (Lipinski definition) is 1. The highest BCUT2D eigenvalue weighted by atomic mass is 79.9. The molecule has 0 saturated heterocycles. The maximum Gasteiger partial charge on any atom is 0.0428 e. The average Bonchev–Trinajstić information content (AvgIpc) is 2.68. The van der Waals surface area contributed by atoms with Gasteiger partial charge in [-0.1, -0.05) is 45.4 Å². The van der Waals surface area contributed by atoms with Crippen LogP contribution in [-0.2, 0) is 0 Å². The van der Waals surface area contributed by atoms with Gasteiger partial charge < -0.3 is 5.32 Å². The van der Waals surface area contributed by atoms with Crippen molar-refractivity contribution < 1.29 is 0 Å². The Balaban J connectivity index is 1.98. The van der Waals surface area contributed by atoms with E-state index in [0.29, 0.717) is 6.04 Å². The molecule has 1 heterocycles. The van der Waals surface area contributed by atoms with Crippen LogP contribution in [0.3, 0.4) is 0 Å². The van der Waals surface area contributed by atoms with Crippen molar-refractivity contribution in [2.45, 2.75) is 64.3 Å². The van der Waals surface area contributed by atoms with E-state index in [0.717, 1.165) is 12.5 Å². The zero-order valence-electron chi connectivity index (χ0n) is 12.0. The molecule has 108 valence electrons. The molecule has 0 bridgehead atoms. The molecule has 1 aromatic heterocycles. The Morgan fingerprint density at radius 1 is 1.32 bits per heavy atom. The monoisotopic (exact) mass is 343 g/mol. The SMILES string of the molecule is CCCNC(CC1CCCCCC1)c1sccc1Br. The van der Waals surface area contributed by atoms with E-state index in [1.807, 2.05) is 11.3 Å². The molecule has 2 rings (SSSR count). The van der Waals surface area contributed by atoms with Gasteiger partial charge in [-0.2, -0.15) is 0 Å². The fourth-order valence-corrected chi connectivity index (χ4v) is 4.83. The molecule has 3 heteroatoms. The lowest BCUT2D eigenvalue weighted by atomic mass is 9.92. The van der Waals surface area contributed by atoms with Gasteiger partial charge in [-0.25, -0.2) is 0 Å². The first-order valence-electron chi connectivity index (χ1n) is 7.77. The molecule has 0 aliphatic heterocycles. The molecule has 1 aliphatic carbocycles. The maximum atomic E-state index is 3.76. The molecule has 0 radical (unpaired) electrons. The average molecular weight is 344 g/mol. The number of hydrogen-bond acceptors (Lipinski definition) is 2. The fraction of sp³-hybridized carbons (Fsp3) is 0.750. The predicted octanol–water partition coefficient (Wildman–Crippen LogP) is 5.91. The zero-order chi connectivity index (χ0) is 13.5. The molecule has 0 spiro atoms. The Hall–Kier alpha value is 0.140. The summed E-state index contributed by atoms with van der Waals surface area (Å²) < 4.78 is 1.29. The summed E-state index contributed by atoms with van der Waals surface area (Å²) in [7, 11) is 0. The molecule has 1 atom stereocenters. The van der Waals surface area contributed by atoms with Crippen LogP contribution in [0.2, 0.25) is 0 Å². The van der Waals surface area contributed by atoms with E-state index in [4.69, 9.17) is 0 Å². The van der Waals surface area contributed by atoms with Crippen molar-refractivity contribution in [3.05, 3.63) is 20.8 Å². The van der Waals surface area contributed by atoms with Crippen molar-refractivity contribution in [2.24, 2.45) is 5.92 Å². The van der Waals surface area contributed by atoms with Crippen LogP contribution in [-0.4, -0.2) is 6.54 Å². The van der Waals surface area contributed by atoms with E-state index in [9.17, 15) is 0 Å². The molecule has 0 aromatic carbocycles. The summed E-state index contributed by atoms with van der Waals surface area (Å²) in [6.07, 6.45) is 11.2. The number of halogens is 1. The Bertz CT molecular complexity index is 355. The molecule has 1 nitrogen and oxygen atoms in total. The van der Waals surface area contributed by atoms with Crippen molar-refractivity contribution in [2.75, 3.05) is 6.54 Å². The van der Waals surface area contributed by atoms with Gasteiger partial charge in [0.25, 0.3) is 0 Å². The van der Waals surface area contributed by atoms with Gasteiger partial charge in [0.1, 0.15) is 0 Å². The van der Waals surface area contributed by atoms with Gasteiger partial charge in [-0.05, 0) is 52.7 Å². The largest absolute Gasteiger partial charge is 0.309 e. The van der Waals surface area contributed by atoms with Crippen LogP contribution in [0.1, 0.15) is 69.2 Å². The molecule has 1 aliphatic rings. The summed E-state index contributed by atoms with van der Waals surface area (Å²) in [6.45, 7) is 3.38. The molecule has 1 N–H and O–H groups in total. The molecule has 1 aromatic rings. The molecule has 19 heavy (non-hydrogen) atoms. The summed E-state index contributed by atoms with van der Waals surface area (Å²) in [5.41, 5.74) is 0. The first kappa shape index (κ1) is 15.5. The first-order valence-corrected chi connectivity index (χ1v) is 9.44. The summed E-state index contributed by atoms with van der Waals surface area (Å²) >= 11 is 5.60. The van der Waals surface area contributed by atoms with Crippen molar-refractivity contribution >= 4 is 27.3 Å². The van der Waals surface area contributed by atoms with Crippen molar-refractivity contribution in [3.8, 4) is 0 Å². The zero-order valence-corrected chi connectivity index (χ0v) is 14.4. The number of thiophene rings is 1. The minimum absolute atomic E-state index is 0.553. The van der Waals surface area contributed by atoms with E-state index in [2.05, 4.69) is 39.6 Å². The highest BCUT2D eigenvalue weighted by Gasteiger charge is 2.21. The highest BCUT2D eigenvalue weighted by Crippen LogP contribution is 2.36. The third-order valence-electron chi connectivity index (χ3n) is 4.15. The second kappa shape index (κ2) is 8.43. The summed E-state index contributed by atoms with van der Waals surface area (Å²) in [5, 5.41) is 5.96. The standard InChI is InChI=1S/C16H26BrNS/c1-2-10-18-15(16-14(17)9-11-19-16)12-13-7-5-3-4-6-8-13/h9,11,13,15,18H,2-8,10,12H2,1H3. The minimum Gasteiger partial charge on any atom is -0.309 e. The Morgan fingerprint density at radius 2 is 2.05 bits per heavy atom. The van der Waals surface area contributed by atoms with Gasteiger partial charge in [0.05, 0.1) is 0 Å². The van der Waals surface area contributed by atoms with Gasteiger partial charge in [-0.15, -0.1) is 11.3 Å². The Morgan fingerprint density at radius 3 is 2.63 bits per heavy atom. The van der Waals surface area contributed by atoms with Crippen molar-refractivity contribution in [1.29, 1.82) is 0 Å². The molecule has 1 saturated carbocycles. The second-order valence-corrected chi connectivity index (χ2v) is 7.53. The van der Waals surface area contributed by atoms with Crippen LogP contribution in [0.4, 0.5) is 0 Å². The Kier molecular flexibility index (Phi) is 6.89. The first-order chi connectivity index (χ1) is 9.31. The predicted molar refractivity (Wildman–Crippen MR) is 88.9 cm³/mol. The number of rotatable bonds is 6. The third-order valence-corrected chi connectivity index (χ3v) is 6.13. The molecule has 0 amide bonds. The lowest BCUT2D eigenvalue weighted by Gasteiger charge is -2.23. The summed E-state index contributed by atoms with van der Waals surface area (Å²) in [6, 6.07) is 2.74. The molecule has 1 fully saturated rings. The fourth-order valence-electron chi connectivity index (χ4n) is 3.09. The maximum absolute atomic E-state index is 3.76. The Labute approximate surface area is 130 Å². The van der Waals surface area contributed by atoms with Crippen LogP contribution in [0.15, 0.2) is 15.9 Å². The van der Waals surface area contributed by atoms with E-state index in [1.165, 1.54) is 60.7 Å². The van der Waals surface area contributed by atoms with E-state index >= 15 is 0 Å². The lowest BCUT2D eigenvalue weighted by Crippen LogP contribution is -2.24. The van der Waals surface area contributed by atoms with Crippen LogP contribution in [0, 0.1) is 5.92 Å². The van der Waals surface area contributed by atoms with E-state index in [1.54, 1.807) is 0 Å². The quantitative estimate of drug-likeness (QED) is 0.632. The van der Waals surface area contributed by atoms with Crippen molar-refractivity contribution in [3.63, 3.8) is 0 Å². The van der Waals surface area contributed by atoms with Crippen LogP contribution in [0.25, 0.3) is 0 Å². The highest BCUT2D eigenvalue weighted by molar-refractivity contribution is 9.10. The molecule has 1 unspecified atom stereocenters. The van der Waals surface area contributed by atoms with Gasteiger partial charge in [-0.3, -0.25) is 0 Å². The van der Waals surface area contributed by atoms with Crippen LogP contribution < -0.4 is 5.32 Å². The van der Waals surface area contributed by atoms with Gasteiger partial charge in [0, 0.05) is 15.4 Å². The second-order valence-electron chi connectivity index (χ2n) is 5.73. The van der Waals surface area contributed by atoms with E-state index < -0.39 is 0 Å². The van der Waals surface area contributed by atoms with Gasteiger partial charge >= 0.3 is 0 Å². The smallest absolute Gasteiger partial charge is 0.0428 e. The summed E-state index contributed by atoms with van der Waals surface area (Å²) in [5.74, 6) is 0.922. The van der Waals surface area contributed by atoms with Crippen LogP contribution in [0.5, 0.6) is 0 Å². The third kappa shape index (κ3) is 4.87.